The molecule has 1 aliphatic heterocycles. The van der Waals surface area contributed by atoms with Gasteiger partial charge < -0.3 is 4.90 Å². The molecule has 0 unspecified atom stereocenters. The Morgan fingerprint density at radius 3 is 2.58 bits per heavy atom. The molecule has 19 heavy (non-hydrogen) atoms. The van der Waals surface area contributed by atoms with Crippen molar-refractivity contribution in [3.05, 3.63) is 29.3 Å². The normalized spacial score (nSPS) is 18.7. The van der Waals surface area contributed by atoms with E-state index in [2.05, 4.69) is 0 Å². The zero-order valence-electron chi connectivity index (χ0n) is 10.1. The van der Waals surface area contributed by atoms with Crippen LogP contribution in [0.4, 0.5) is 14.5 Å². The van der Waals surface area contributed by atoms with Crippen LogP contribution in [0.3, 0.4) is 0 Å². The third kappa shape index (κ3) is 2.84. The Labute approximate surface area is 110 Å². The van der Waals surface area contributed by atoms with E-state index in [0.717, 1.165) is 0 Å². The summed E-state index contributed by atoms with van der Waals surface area (Å²) >= 11 is 0. The molecule has 1 heterocycles. The van der Waals surface area contributed by atoms with Gasteiger partial charge in [-0.3, -0.25) is 0 Å². The molecule has 7 heteroatoms. The van der Waals surface area contributed by atoms with Crippen molar-refractivity contribution in [2.75, 3.05) is 29.5 Å². The molecular formula is C12H12F2N2O2S. The molecule has 0 saturated carbocycles. The monoisotopic (exact) mass is 286 g/mol. The summed E-state index contributed by atoms with van der Waals surface area (Å²) in [4.78, 5) is 1.50. The molecular weight excluding hydrogens is 274 g/mol. The van der Waals surface area contributed by atoms with Crippen LogP contribution in [-0.2, 0) is 9.84 Å². The molecule has 4 nitrogen and oxygen atoms in total. The number of hydrogen-bond acceptors (Lipinski definition) is 4. The lowest BCUT2D eigenvalue weighted by atomic mass is 10.1. The van der Waals surface area contributed by atoms with Crippen molar-refractivity contribution in [2.45, 2.75) is 6.42 Å². The first kappa shape index (κ1) is 13.7. The zero-order chi connectivity index (χ0) is 14.0. The molecule has 0 aromatic heterocycles. The lowest BCUT2D eigenvalue weighted by Gasteiger charge is -2.22. The van der Waals surface area contributed by atoms with Gasteiger partial charge >= 0.3 is 0 Å². The third-order valence-electron chi connectivity index (χ3n) is 3.08. The van der Waals surface area contributed by atoms with Gasteiger partial charge in [0.05, 0.1) is 22.8 Å². The van der Waals surface area contributed by atoms with Crippen LogP contribution in [0.5, 0.6) is 0 Å². The molecule has 0 atom stereocenters. The fraction of sp³-hybridized carbons (Fsp3) is 0.417. The number of nitriles is 1. The fourth-order valence-electron chi connectivity index (χ4n) is 2.05. The summed E-state index contributed by atoms with van der Waals surface area (Å²) in [6.45, 7) is 0.478. The highest BCUT2D eigenvalue weighted by Crippen LogP contribution is 2.25. The largest absolute Gasteiger partial charge is 0.368 e. The summed E-state index contributed by atoms with van der Waals surface area (Å²) in [5.41, 5.74) is -0.350. The Morgan fingerprint density at radius 2 is 1.89 bits per heavy atom. The average Bonchev–Trinajstić information content (AvgIpc) is 2.54. The maximum Gasteiger partial charge on any atom is 0.183 e. The van der Waals surface area contributed by atoms with E-state index in [1.54, 1.807) is 6.07 Å². The van der Waals surface area contributed by atoms with Gasteiger partial charge in [-0.05, 0) is 18.6 Å². The molecule has 1 saturated heterocycles. The first-order valence-corrected chi connectivity index (χ1v) is 7.60. The van der Waals surface area contributed by atoms with Gasteiger partial charge in [0.25, 0.3) is 0 Å². The van der Waals surface area contributed by atoms with Crippen molar-refractivity contribution in [1.82, 2.24) is 0 Å². The predicted octanol–water partition coefficient (Wildman–Crippen LogP) is 1.46. The molecule has 0 aliphatic carbocycles. The average molecular weight is 286 g/mol. The summed E-state index contributed by atoms with van der Waals surface area (Å²) in [6.07, 6.45) is 0.378. The van der Waals surface area contributed by atoms with Crippen molar-refractivity contribution >= 4 is 15.5 Å². The number of sulfone groups is 1. The molecule has 1 aliphatic rings. The van der Waals surface area contributed by atoms with E-state index in [9.17, 15) is 17.2 Å². The van der Waals surface area contributed by atoms with E-state index in [1.807, 2.05) is 0 Å². The molecule has 102 valence electrons. The second-order valence-corrected chi connectivity index (χ2v) is 6.67. The van der Waals surface area contributed by atoms with Gasteiger partial charge in [-0.1, -0.05) is 0 Å². The minimum Gasteiger partial charge on any atom is -0.368 e. The van der Waals surface area contributed by atoms with Gasteiger partial charge in [0.2, 0.25) is 0 Å². The van der Waals surface area contributed by atoms with Gasteiger partial charge in [-0.15, -0.1) is 0 Å². The van der Waals surface area contributed by atoms with Crippen LogP contribution in [0.25, 0.3) is 0 Å². The van der Waals surface area contributed by atoms with E-state index in [1.165, 1.54) is 17.0 Å². The van der Waals surface area contributed by atoms with E-state index >= 15 is 0 Å². The standard InChI is InChI=1S/C12H12F2N2O2S/c13-11-9(8-15)2-3-10(12(11)14)16-4-1-6-19(17,18)7-5-16/h2-3H,1,4-7H2. The molecule has 1 aromatic rings. The smallest absolute Gasteiger partial charge is 0.183 e. The highest BCUT2D eigenvalue weighted by molar-refractivity contribution is 7.91. The van der Waals surface area contributed by atoms with E-state index in [4.69, 9.17) is 5.26 Å². The van der Waals surface area contributed by atoms with Gasteiger partial charge in [0.1, 0.15) is 6.07 Å². The summed E-state index contributed by atoms with van der Waals surface area (Å²) in [6, 6.07) is 4.08. The van der Waals surface area contributed by atoms with Crippen LogP contribution in [0, 0.1) is 23.0 Å². The van der Waals surface area contributed by atoms with Crippen molar-refractivity contribution in [3.63, 3.8) is 0 Å². The van der Waals surface area contributed by atoms with Crippen LogP contribution in [-0.4, -0.2) is 33.0 Å². The molecule has 0 N–H and O–H groups in total. The molecule has 2 rings (SSSR count). The van der Waals surface area contributed by atoms with Crippen LogP contribution >= 0.6 is 0 Å². The maximum atomic E-state index is 13.8. The molecule has 0 spiro atoms. The first-order valence-electron chi connectivity index (χ1n) is 5.78. The Hall–Kier alpha value is -1.68. The third-order valence-corrected chi connectivity index (χ3v) is 4.79. The Kier molecular flexibility index (Phi) is 3.71. The molecule has 0 bridgehead atoms. The van der Waals surface area contributed by atoms with Gasteiger partial charge in [-0.2, -0.15) is 5.26 Å². The summed E-state index contributed by atoms with van der Waals surface area (Å²) < 4.78 is 50.3. The van der Waals surface area contributed by atoms with Crippen LogP contribution in [0.15, 0.2) is 12.1 Å². The minimum atomic E-state index is -3.11. The Balaban J connectivity index is 2.33. The number of rotatable bonds is 1. The van der Waals surface area contributed by atoms with Crippen LogP contribution < -0.4 is 4.90 Å². The molecule has 0 radical (unpaired) electrons. The van der Waals surface area contributed by atoms with Crippen molar-refractivity contribution in [3.8, 4) is 6.07 Å². The van der Waals surface area contributed by atoms with E-state index in [0.29, 0.717) is 13.0 Å². The van der Waals surface area contributed by atoms with Crippen molar-refractivity contribution in [2.24, 2.45) is 0 Å². The zero-order valence-corrected chi connectivity index (χ0v) is 10.9. The number of benzene rings is 1. The van der Waals surface area contributed by atoms with Crippen molar-refractivity contribution < 1.29 is 17.2 Å². The van der Waals surface area contributed by atoms with Gasteiger partial charge in [-0.25, -0.2) is 17.2 Å². The lowest BCUT2D eigenvalue weighted by molar-refractivity contribution is 0.504. The lowest BCUT2D eigenvalue weighted by Crippen LogP contribution is -2.28. The molecule has 1 fully saturated rings. The SMILES string of the molecule is N#Cc1ccc(N2CCCS(=O)(=O)CC2)c(F)c1F. The fourth-order valence-corrected chi connectivity index (χ4v) is 3.32. The van der Waals surface area contributed by atoms with Crippen molar-refractivity contribution in [1.29, 1.82) is 5.26 Å². The van der Waals surface area contributed by atoms with Crippen LogP contribution in [0.2, 0.25) is 0 Å². The first-order chi connectivity index (χ1) is 8.94. The number of hydrogen-bond donors (Lipinski definition) is 0. The van der Waals surface area contributed by atoms with Gasteiger partial charge in [0.15, 0.2) is 21.5 Å². The van der Waals surface area contributed by atoms with E-state index < -0.39 is 21.5 Å². The summed E-state index contributed by atoms with van der Waals surface area (Å²) in [5, 5.41) is 8.61. The number of anilines is 1. The van der Waals surface area contributed by atoms with E-state index in [-0.39, 0.29) is 29.3 Å². The van der Waals surface area contributed by atoms with Crippen LogP contribution in [0.1, 0.15) is 12.0 Å². The Morgan fingerprint density at radius 1 is 1.16 bits per heavy atom. The molecule has 1 aromatic carbocycles. The predicted molar refractivity (Wildman–Crippen MR) is 66.6 cm³/mol. The second-order valence-electron chi connectivity index (χ2n) is 4.36. The summed E-state index contributed by atoms with van der Waals surface area (Å²) in [5.74, 6) is -2.30. The highest BCUT2D eigenvalue weighted by atomic mass is 32.2. The second kappa shape index (κ2) is 5.13. The molecule has 0 amide bonds. The summed E-state index contributed by atoms with van der Waals surface area (Å²) in [7, 11) is -3.11. The highest BCUT2D eigenvalue weighted by Gasteiger charge is 2.23. The maximum absolute atomic E-state index is 13.8. The quantitative estimate of drug-likeness (QED) is 0.784. The minimum absolute atomic E-state index is 0.00796. The number of nitrogens with zero attached hydrogens (tertiary/aromatic N) is 2. The van der Waals surface area contributed by atoms with Gasteiger partial charge in [0, 0.05) is 13.1 Å². The topological polar surface area (TPSA) is 61.2 Å². The Bertz CT molecular complexity index is 638. The number of halogens is 2.